The summed E-state index contributed by atoms with van der Waals surface area (Å²) in [5.41, 5.74) is 1.14. The summed E-state index contributed by atoms with van der Waals surface area (Å²) in [5.74, 6) is -0.502. The summed E-state index contributed by atoms with van der Waals surface area (Å²) in [6.07, 6.45) is 0. The van der Waals surface area contributed by atoms with Crippen molar-refractivity contribution in [1.82, 2.24) is 0 Å². The summed E-state index contributed by atoms with van der Waals surface area (Å²) in [4.78, 5) is 12.0. The van der Waals surface area contributed by atoms with E-state index in [-0.39, 0.29) is 5.78 Å². The fraction of sp³-hybridized carbons (Fsp3) is 0.235. The highest BCUT2D eigenvalue weighted by atomic mass is 16.3. The molecule has 1 aliphatic rings. The maximum Gasteiger partial charge on any atom is 0.138 e. The van der Waals surface area contributed by atoms with E-state index in [9.17, 15) is 9.90 Å². The summed E-state index contributed by atoms with van der Waals surface area (Å²) in [5, 5.41) is 14.6. The number of carbonyl (C=O) groups excluding carboxylic acids is 1. The molecule has 20 heavy (non-hydrogen) atoms. The SMILES string of the molecule is CC(=O)[C@H]1CNc2ccccc2[C@@]1(O)c1ccccc1. The van der Waals surface area contributed by atoms with Gasteiger partial charge in [0.2, 0.25) is 0 Å². The molecule has 0 bridgehead atoms. The first-order valence-electron chi connectivity index (χ1n) is 6.75. The number of rotatable bonds is 2. The average Bonchev–Trinajstić information content (AvgIpc) is 2.48. The molecule has 2 aromatic carbocycles. The molecule has 3 heteroatoms. The van der Waals surface area contributed by atoms with Gasteiger partial charge in [-0.2, -0.15) is 0 Å². The number of hydrogen-bond donors (Lipinski definition) is 2. The summed E-state index contributed by atoms with van der Waals surface area (Å²) in [7, 11) is 0. The first kappa shape index (κ1) is 12.9. The first-order valence-corrected chi connectivity index (χ1v) is 6.75. The number of nitrogens with one attached hydrogen (secondary N) is 1. The molecule has 0 amide bonds. The summed E-state index contributed by atoms with van der Waals surface area (Å²) in [6, 6.07) is 17.0. The molecular formula is C17H17NO2. The van der Waals surface area contributed by atoms with Crippen molar-refractivity contribution < 1.29 is 9.90 Å². The Morgan fingerprint density at radius 2 is 1.80 bits per heavy atom. The van der Waals surface area contributed by atoms with Crippen LogP contribution in [0.5, 0.6) is 0 Å². The molecule has 0 unspecified atom stereocenters. The fourth-order valence-electron chi connectivity index (χ4n) is 3.00. The van der Waals surface area contributed by atoms with Gasteiger partial charge in [0.1, 0.15) is 11.4 Å². The molecule has 0 fully saturated rings. The second-order valence-electron chi connectivity index (χ2n) is 5.22. The topological polar surface area (TPSA) is 49.3 Å². The van der Waals surface area contributed by atoms with Gasteiger partial charge in [0.25, 0.3) is 0 Å². The number of Topliss-reactive ketones (excluding diaryl/α,β-unsaturated/α-hetero) is 1. The van der Waals surface area contributed by atoms with Crippen molar-refractivity contribution in [2.24, 2.45) is 5.92 Å². The monoisotopic (exact) mass is 267 g/mol. The van der Waals surface area contributed by atoms with Gasteiger partial charge < -0.3 is 10.4 Å². The number of benzene rings is 2. The van der Waals surface area contributed by atoms with Crippen LogP contribution in [-0.2, 0) is 10.4 Å². The van der Waals surface area contributed by atoms with Crippen molar-refractivity contribution in [1.29, 1.82) is 0 Å². The molecule has 0 saturated heterocycles. The van der Waals surface area contributed by atoms with Crippen molar-refractivity contribution in [2.75, 3.05) is 11.9 Å². The van der Waals surface area contributed by atoms with Gasteiger partial charge in [-0.3, -0.25) is 4.79 Å². The van der Waals surface area contributed by atoms with E-state index in [2.05, 4.69) is 5.32 Å². The minimum Gasteiger partial charge on any atom is -0.384 e. The fourth-order valence-corrected chi connectivity index (χ4v) is 3.00. The van der Waals surface area contributed by atoms with Gasteiger partial charge in [0, 0.05) is 17.8 Å². The van der Waals surface area contributed by atoms with Gasteiger partial charge >= 0.3 is 0 Å². The molecule has 1 aliphatic heterocycles. The van der Waals surface area contributed by atoms with Gasteiger partial charge in [-0.25, -0.2) is 0 Å². The number of hydrogen-bond acceptors (Lipinski definition) is 3. The van der Waals surface area contributed by atoms with E-state index in [1.165, 1.54) is 6.92 Å². The molecule has 1 heterocycles. The summed E-state index contributed by atoms with van der Waals surface area (Å²) >= 11 is 0. The lowest BCUT2D eigenvalue weighted by atomic mass is 9.72. The third-order valence-electron chi connectivity index (χ3n) is 4.04. The third kappa shape index (κ3) is 1.82. The lowest BCUT2D eigenvalue weighted by Crippen LogP contribution is -2.47. The van der Waals surface area contributed by atoms with Crippen LogP contribution in [0.4, 0.5) is 5.69 Å². The number of ketones is 1. The van der Waals surface area contributed by atoms with Gasteiger partial charge in [0.05, 0.1) is 5.92 Å². The van der Waals surface area contributed by atoms with Gasteiger partial charge in [-0.1, -0.05) is 48.5 Å². The van der Waals surface area contributed by atoms with E-state index in [0.717, 1.165) is 16.8 Å². The quantitative estimate of drug-likeness (QED) is 0.879. The summed E-state index contributed by atoms with van der Waals surface area (Å²) < 4.78 is 0. The zero-order valence-electron chi connectivity index (χ0n) is 11.3. The Labute approximate surface area is 118 Å². The third-order valence-corrected chi connectivity index (χ3v) is 4.04. The Bertz CT molecular complexity index is 638. The van der Waals surface area contributed by atoms with Crippen molar-refractivity contribution in [2.45, 2.75) is 12.5 Å². The molecule has 102 valence electrons. The second-order valence-corrected chi connectivity index (χ2v) is 5.22. The van der Waals surface area contributed by atoms with Crippen molar-refractivity contribution >= 4 is 11.5 Å². The van der Waals surface area contributed by atoms with E-state index < -0.39 is 11.5 Å². The maximum absolute atomic E-state index is 12.0. The summed E-state index contributed by atoms with van der Waals surface area (Å²) in [6.45, 7) is 1.98. The number of carbonyl (C=O) groups is 1. The Morgan fingerprint density at radius 1 is 1.15 bits per heavy atom. The van der Waals surface area contributed by atoms with E-state index >= 15 is 0 Å². The predicted octanol–water partition coefficient (Wildman–Crippen LogP) is 2.55. The second kappa shape index (κ2) is 4.76. The van der Waals surface area contributed by atoms with Crippen LogP contribution in [0.15, 0.2) is 54.6 Å². The van der Waals surface area contributed by atoms with Crippen LogP contribution in [-0.4, -0.2) is 17.4 Å². The zero-order valence-corrected chi connectivity index (χ0v) is 11.3. The highest BCUT2D eigenvalue weighted by molar-refractivity contribution is 5.83. The molecular weight excluding hydrogens is 250 g/mol. The van der Waals surface area contributed by atoms with Crippen LogP contribution >= 0.6 is 0 Å². The molecule has 0 saturated carbocycles. The van der Waals surface area contributed by atoms with Crippen molar-refractivity contribution in [3.05, 3.63) is 65.7 Å². The molecule has 0 spiro atoms. The molecule has 2 atom stereocenters. The normalized spacial score (nSPS) is 24.6. The van der Waals surface area contributed by atoms with Crippen molar-refractivity contribution in [3.8, 4) is 0 Å². The van der Waals surface area contributed by atoms with Gasteiger partial charge in [-0.05, 0) is 18.6 Å². The lowest BCUT2D eigenvalue weighted by Gasteiger charge is -2.41. The molecule has 2 N–H and O–H groups in total. The van der Waals surface area contributed by atoms with Crippen LogP contribution < -0.4 is 5.32 Å². The Balaban J connectivity index is 2.24. The molecule has 0 radical (unpaired) electrons. The molecule has 0 aliphatic carbocycles. The average molecular weight is 267 g/mol. The minimum atomic E-state index is -1.27. The molecule has 2 aromatic rings. The van der Waals surface area contributed by atoms with E-state index in [0.29, 0.717) is 6.54 Å². The number of anilines is 1. The zero-order chi connectivity index (χ0) is 14.2. The van der Waals surface area contributed by atoms with Crippen LogP contribution in [0.25, 0.3) is 0 Å². The highest BCUT2D eigenvalue weighted by Crippen LogP contribution is 2.43. The van der Waals surface area contributed by atoms with Gasteiger partial charge in [-0.15, -0.1) is 0 Å². The van der Waals surface area contributed by atoms with E-state index in [4.69, 9.17) is 0 Å². The largest absolute Gasteiger partial charge is 0.384 e. The standard InChI is InChI=1S/C17H17NO2/c1-12(19)15-11-18-16-10-6-5-9-14(16)17(15,20)13-7-3-2-4-8-13/h2-10,15,18,20H,11H2,1H3/t15-,17+/m1/s1. The number of para-hydroxylation sites is 1. The molecule has 3 nitrogen and oxygen atoms in total. The van der Waals surface area contributed by atoms with Crippen LogP contribution in [0.2, 0.25) is 0 Å². The van der Waals surface area contributed by atoms with E-state index in [1.807, 2.05) is 54.6 Å². The Hall–Kier alpha value is -2.13. The van der Waals surface area contributed by atoms with E-state index in [1.54, 1.807) is 0 Å². The van der Waals surface area contributed by atoms with Gasteiger partial charge in [0.15, 0.2) is 0 Å². The molecule has 3 rings (SSSR count). The number of aliphatic hydroxyl groups is 1. The Morgan fingerprint density at radius 3 is 2.50 bits per heavy atom. The van der Waals surface area contributed by atoms with Crippen LogP contribution in [0.1, 0.15) is 18.1 Å². The smallest absolute Gasteiger partial charge is 0.138 e. The maximum atomic E-state index is 12.0. The predicted molar refractivity (Wildman–Crippen MR) is 78.5 cm³/mol. The van der Waals surface area contributed by atoms with Crippen LogP contribution in [0, 0.1) is 5.92 Å². The van der Waals surface area contributed by atoms with Crippen LogP contribution in [0.3, 0.4) is 0 Å². The lowest BCUT2D eigenvalue weighted by molar-refractivity contribution is -0.127. The Kier molecular flexibility index (Phi) is 3.07. The minimum absolute atomic E-state index is 0.0154. The van der Waals surface area contributed by atoms with Crippen molar-refractivity contribution in [3.63, 3.8) is 0 Å². The first-order chi connectivity index (χ1) is 9.64. The molecule has 0 aromatic heterocycles. The highest BCUT2D eigenvalue weighted by Gasteiger charge is 2.46. The number of fused-ring (bicyclic) bond motifs is 1.